The van der Waals surface area contributed by atoms with Crippen LogP contribution in [-0.4, -0.2) is 18.1 Å². The van der Waals surface area contributed by atoms with Gasteiger partial charge >= 0.3 is 0 Å². The van der Waals surface area contributed by atoms with Gasteiger partial charge in [-0.3, -0.25) is 0 Å². The second-order valence-corrected chi connectivity index (χ2v) is 4.11. The molecule has 0 aliphatic rings. The largest absolute Gasteiger partial charge is 0.496 e. The van der Waals surface area contributed by atoms with Crippen molar-refractivity contribution in [1.29, 1.82) is 0 Å². The summed E-state index contributed by atoms with van der Waals surface area (Å²) in [6.45, 7) is 1.96. The van der Waals surface area contributed by atoms with Gasteiger partial charge in [-0.15, -0.1) is 0 Å². The average molecular weight is 305 g/mol. The van der Waals surface area contributed by atoms with Crippen LogP contribution in [-0.2, 0) is 6.54 Å². The molecule has 14 heavy (non-hydrogen) atoms. The maximum Gasteiger partial charge on any atom is 0.123 e. The van der Waals surface area contributed by atoms with Crippen LogP contribution in [0.15, 0.2) is 24.3 Å². The lowest BCUT2D eigenvalue weighted by molar-refractivity contribution is 0.408. The van der Waals surface area contributed by atoms with Crippen LogP contribution in [0.1, 0.15) is 12.0 Å². The zero-order chi connectivity index (χ0) is 10.2. The smallest absolute Gasteiger partial charge is 0.123 e. The molecule has 0 spiro atoms. The van der Waals surface area contributed by atoms with Gasteiger partial charge < -0.3 is 10.1 Å². The van der Waals surface area contributed by atoms with E-state index in [0.717, 1.165) is 18.8 Å². The predicted molar refractivity (Wildman–Crippen MR) is 68.2 cm³/mol. The van der Waals surface area contributed by atoms with Crippen molar-refractivity contribution in [2.75, 3.05) is 18.1 Å². The van der Waals surface area contributed by atoms with Crippen molar-refractivity contribution >= 4 is 22.6 Å². The molecule has 0 bridgehead atoms. The van der Waals surface area contributed by atoms with E-state index in [4.69, 9.17) is 4.74 Å². The first kappa shape index (κ1) is 11.8. The van der Waals surface area contributed by atoms with Gasteiger partial charge in [0.15, 0.2) is 0 Å². The van der Waals surface area contributed by atoms with Gasteiger partial charge in [0, 0.05) is 16.5 Å². The van der Waals surface area contributed by atoms with Gasteiger partial charge in [-0.25, -0.2) is 0 Å². The van der Waals surface area contributed by atoms with E-state index in [1.54, 1.807) is 7.11 Å². The Bertz CT molecular complexity index is 265. The number of rotatable bonds is 6. The Morgan fingerprint density at radius 2 is 2.14 bits per heavy atom. The van der Waals surface area contributed by atoms with Crippen molar-refractivity contribution in [3.63, 3.8) is 0 Å². The van der Waals surface area contributed by atoms with Crippen molar-refractivity contribution in [2.24, 2.45) is 0 Å². The third kappa shape index (κ3) is 3.84. The van der Waals surface area contributed by atoms with Gasteiger partial charge in [-0.2, -0.15) is 0 Å². The van der Waals surface area contributed by atoms with Gasteiger partial charge in [0.1, 0.15) is 5.75 Å². The third-order valence-corrected chi connectivity index (χ3v) is 2.76. The summed E-state index contributed by atoms with van der Waals surface area (Å²) in [5.41, 5.74) is 1.23. The maximum absolute atomic E-state index is 5.26. The van der Waals surface area contributed by atoms with Gasteiger partial charge in [0.25, 0.3) is 0 Å². The highest BCUT2D eigenvalue weighted by molar-refractivity contribution is 14.1. The Morgan fingerprint density at radius 3 is 2.86 bits per heavy atom. The quantitative estimate of drug-likeness (QED) is 0.495. The third-order valence-electron chi connectivity index (χ3n) is 2.00. The van der Waals surface area contributed by atoms with Crippen LogP contribution < -0.4 is 10.1 Å². The molecule has 78 valence electrons. The van der Waals surface area contributed by atoms with Crippen LogP contribution in [0.5, 0.6) is 5.75 Å². The Kier molecular flexibility index (Phi) is 5.94. The summed E-state index contributed by atoms with van der Waals surface area (Å²) >= 11 is 2.39. The molecule has 0 saturated carbocycles. The first-order chi connectivity index (χ1) is 6.88. The van der Waals surface area contributed by atoms with Gasteiger partial charge in [-0.05, 0) is 19.0 Å². The molecular formula is C11H16INO. The number of hydrogen-bond donors (Lipinski definition) is 1. The Morgan fingerprint density at radius 1 is 1.36 bits per heavy atom. The molecule has 0 aliphatic heterocycles. The molecule has 1 N–H and O–H groups in total. The number of nitrogens with one attached hydrogen (secondary N) is 1. The lowest BCUT2D eigenvalue weighted by Crippen LogP contribution is -2.15. The number of methoxy groups -OCH3 is 1. The molecule has 1 rings (SSSR count). The molecule has 1 aromatic rings. The minimum Gasteiger partial charge on any atom is -0.496 e. The van der Waals surface area contributed by atoms with Gasteiger partial charge in [0.05, 0.1) is 7.11 Å². The summed E-state index contributed by atoms with van der Waals surface area (Å²) < 4.78 is 6.47. The van der Waals surface area contributed by atoms with Crippen LogP contribution >= 0.6 is 22.6 Å². The van der Waals surface area contributed by atoms with E-state index in [1.165, 1.54) is 16.4 Å². The Labute approximate surface area is 99.2 Å². The first-order valence-electron chi connectivity index (χ1n) is 4.77. The van der Waals surface area contributed by atoms with Crippen LogP contribution in [0.25, 0.3) is 0 Å². The molecule has 1 aromatic carbocycles. The maximum atomic E-state index is 5.26. The topological polar surface area (TPSA) is 21.3 Å². The molecule has 0 aliphatic carbocycles. The van der Waals surface area contributed by atoms with Gasteiger partial charge in [0.2, 0.25) is 0 Å². The molecule has 0 radical (unpaired) electrons. The monoisotopic (exact) mass is 305 g/mol. The van der Waals surface area contributed by atoms with Crippen molar-refractivity contribution in [3.05, 3.63) is 29.8 Å². The second kappa shape index (κ2) is 7.06. The molecule has 3 heteroatoms. The summed E-state index contributed by atoms with van der Waals surface area (Å²) in [6.07, 6.45) is 1.22. The first-order valence-corrected chi connectivity index (χ1v) is 6.29. The highest BCUT2D eigenvalue weighted by atomic mass is 127. The lowest BCUT2D eigenvalue weighted by Gasteiger charge is -2.08. The minimum atomic E-state index is 0.890. The molecule has 0 amide bonds. The number of halogens is 1. The fourth-order valence-corrected chi connectivity index (χ4v) is 1.65. The number of alkyl halides is 1. The number of hydrogen-bond acceptors (Lipinski definition) is 2. The molecule has 2 nitrogen and oxygen atoms in total. The van der Waals surface area contributed by atoms with Gasteiger partial charge in [-0.1, -0.05) is 40.8 Å². The predicted octanol–water partition coefficient (Wildman–Crippen LogP) is 2.61. The van der Waals surface area contributed by atoms with E-state index in [2.05, 4.69) is 34.0 Å². The summed E-state index contributed by atoms with van der Waals surface area (Å²) in [6, 6.07) is 8.12. The zero-order valence-electron chi connectivity index (χ0n) is 8.42. The van der Waals surface area contributed by atoms with Crippen molar-refractivity contribution < 1.29 is 4.74 Å². The Hall–Kier alpha value is -0.290. The molecule has 0 unspecified atom stereocenters. The van der Waals surface area contributed by atoms with Crippen molar-refractivity contribution in [3.8, 4) is 5.75 Å². The number of para-hydroxylation sites is 1. The highest BCUT2D eigenvalue weighted by Crippen LogP contribution is 2.16. The lowest BCUT2D eigenvalue weighted by atomic mass is 10.2. The molecule has 0 fully saturated rings. The normalized spacial score (nSPS) is 10.1. The van der Waals surface area contributed by atoms with Crippen LogP contribution in [0.3, 0.4) is 0 Å². The zero-order valence-corrected chi connectivity index (χ0v) is 10.6. The molecule has 0 saturated heterocycles. The SMILES string of the molecule is COc1ccccc1CNCCCI. The van der Waals surface area contributed by atoms with Crippen LogP contribution in [0.2, 0.25) is 0 Å². The Balaban J connectivity index is 2.41. The van der Waals surface area contributed by atoms with Crippen molar-refractivity contribution in [2.45, 2.75) is 13.0 Å². The fraction of sp³-hybridized carbons (Fsp3) is 0.455. The molecule has 0 heterocycles. The summed E-state index contributed by atoms with van der Waals surface area (Å²) in [4.78, 5) is 0. The highest BCUT2D eigenvalue weighted by Gasteiger charge is 1.99. The molecule has 0 aromatic heterocycles. The van der Waals surface area contributed by atoms with Crippen LogP contribution in [0.4, 0.5) is 0 Å². The molecular weight excluding hydrogens is 289 g/mol. The van der Waals surface area contributed by atoms with E-state index < -0.39 is 0 Å². The van der Waals surface area contributed by atoms with E-state index in [1.807, 2.05) is 18.2 Å². The summed E-state index contributed by atoms with van der Waals surface area (Å²) in [7, 11) is 1.71. The molecule has 0 atom stereocenters. The number of benzene rings is 1. The van der Waals surface area contributed by atoms with Crippen LogP contribution in [0, 0.1) is 0 Å². The standard InChI is InChI=1S/C11H16INO/c1-14-11-6-3-2-5-10(11)9-13-8-4-7-12/h2-3,5-6,13H,4,7-9H2,1H3. The number of ether oxygens (including phenoxy) is 1. The second-order valence-electron chi connectivity index (χ2n) is 3.03. The van der Waals surface area contributed by atoms with E-state index >= 15 is 0 Å². The van der Waals surface area contributed by atoms with E-state index in [-0.39, 0.29) is 0 Å². The van der Waals surface area contributed by atoms with Crippen molar-refractivity contribution in [1.82, 2.24) is 5.32 Å². The average Bonchev–Trinajstić information content (AvgIpc) is 2.25. The summed E-state index contributed by atoms with van der Waals surface area (Å²) in [5.74, 6) is 0.967. The fourth-order valence-electron chi connectivity index (χ4n) is 1.26. The van der Waals surface area contributed by atoms with E-state index in [0.29, 0.717) is 0 Å². The van der Waals surface area contributed by atoms with E-state index in [9.17, 15) is 0 Å². The minimum absolute atomic E-state index is 0.890. The summed E-state index contributed by atoms with van der Waals surface area (Å²) in [5, 5.41) is 3.39.